The van der Waals surface area contributed by atoms with E-state index in [-0.39, 0.29) is 0 Å². The molecule has 1 aliphatic heterocycles. The van der Waals surface area contributed by atoms with Gasteiger partial charge in [-0.25, -0.2) is 13.4 Å². The number of para-hydroxylation sites is 1. The fourth-order valence-electron chi connectivity index (χ4n) is 3.80. The van der Waals surface area contributed by atoms with Crippen LogP contribution in [0.15, 0.2) is 35.8 Å². The minimum Gasteiger partial charge on any atom is -0.361 e. The van der Waals surface area contributed by atoms with E-state index in [1.54, 1.807) is 0 Å². The zero-order valence-corrected chi connectivity index (χ0v) is 16.9. The maximum Gasteiger partial charge on any atom is 0.231 e. The third-order valence-electron chi connectivity index (χ3n) is 5.16. The standard InChI is InChI=1S/C19H24N4O2S2/c1-27(24,25)22-19-21-15(13-26-19)8-11-23-9-6-14(7-10-23)17-12-20-18-5-3-2-4-16(17)18/h2-5,12-14,20H,6-11H2,1H3,(H,21,22). The third kappa shape index (κ3) is 4.51. The number of thiazole rings is 1. The largest absolute Gasteiger partial charge is 0.361 e. The third-order valence-corrected chi connectivity index (χ3v) is 6.66. The smallest absolute Gasteiger partial charge is 0.231 e. The van der Waals surface area contributed by atoms with Crippen molar-refractivity contribution in [2.75, 3.05) is 30.6 Å². The van der Waals surface area contributed by atoms with Crippen LogP contribution in [0.3, 0.4) is 0 Å². The van der Waals surface area contributed by atoms with Crippen molar-refractivity contribution in [1.29, 1.82) is 0 Å². The van der Waals surface area contributed by atoms with Gasteiger partial charge in [0.15, 0.2) is 5.13 Å². The number of fused-ring (bicyclic) bond motifs is 1. The molecular formula is C19H24N4O2S2. The molecular weight excluding hydrogens is 380 g/mol. The molecule has 1 fully saturated rings. The van der Waals surface area contributed by atoms with E-state index in [1.165, 1.54) is 40.6 Å². The predicted molar refractivity (Wildman–Crippen MR) is 111 cm³/mol. The van der Waals surface area contributed by atoms with E-state index in [0.29, 0.717) is 11.0 Å². The van der Waals surface area contributed by atoms with Gasteiger partial charge < -0.3 is 9.88 Å². The Kier molecular flexibility index (Phi) is 5.21. The van der Waals surface area contributed by atoms with Crippen LogP contribution in [0.4, 0.5) is 5.13 Å². The molecule has 4 rings (SSSR count). The van der Waals surface area contributed by atoms with E-state index in [2.05, 4.69) is 50.1 Å². The van der Waals surface area contributed by atoms with Gasteiger partial charge in [0.25, 0.3) is 0 Å². The van der Waals surface area contributed by atoms with Gasteiger partial charge in [-0.1, -0.05) is 18.2 Å². The molecule has 2 aromatic heterocycles. The van der Waals surface area contributed by atoms with Gasteiger partial charge in [-0.3, -0.25) is 4.72 Å². The minimum atomic E-state index is -3.26. The van der Waals surface area contributed by atoms with Crippen molar-refractivity contribution in [2.24, 2.45) is 0 Å². The van der Waals surface area contributed by atoms with Crippen LogP contribution in [0.25, 0.3) is 10.9 Å². The van der Waals surface area contributed by atoms with Gasteiger partial charge in [0.05, 0.1) is 11.9 Å². The number of aromatic amines is 1. The normalized spacial score (nSPS) is 16.8. The first-order chi connectivity index (χ1) is 13.0. The lowest BCUT2D eigenvalue weighted by molar-refractivity contribution is 0.214. The van der Waals surface area contributed by atoms with E-state index in [1.807, 2.05) is 5.38 Å². The van der Waals surface area contributed by atoms with Gasteiger partial charge in [-0.05, 0) is 43.5 Å². The van der Waals surface area contributed by atoms with Gasteiger partial charge in [0.1, 0.15) is 0 Å². The molecule has 1 saturated heterocycles. The van der Waals surface area contributed by atoms with Crippen molar-refractivity contribution in [2.45, 2.75) is 25.2 Å². The van der Waals surface area contributed by atoms with Crippen LogP contribution in [-0.4, -0.2) is 49.2 Å². The summed E-state index contributed by atoms with van der Waals surface area (Å²) in [7, 11) is -3.26. The van der Waals surface area contributed by atoms with E-state index in [4.69, 9.17) is 0 Å². The molecule has 0 unspecified atom stereocenters. The first-order valence-electron chi connectivity index (χ1n) is 9.18. The highest BCUT2D eigenvalue weighted by Gasteiger charge is 2.22. The summed E-state index contributed by atoms with van der Waals surface area (Å²) in [5.74, 6) is 0.613. The lowest BCUT2D eigenvalue weighted by Gasteiger charge is -2.31. The molecule has 144 valence electrons. The second kappa shape index (κ2) is 7.61. The summed E-state index contributed by atoms with van der Waals surface area (Å²) >= 11 is 1.34. The van der Waals surface area contributed by atoms with Crippen molar-refractivity contribution in [1.82, 2.24) is 14.9 Å². The Hall–Kier alpha value is -1.90. The zero-order valence-electron chi connectivity index (χ0n) is 15.3. The average molecular weight is 405 g/mol. The van der Waals surface area contributed by atoms with Crippen molar-refractivity contribution in [3.63, 3.8) is 0 Å². The fourth-order valence-corrected chi connectivity index (χ4v) is 5.40. The van der Waals surface area contributed by atoms with Gasteiger partial charge in [0, 0.05) is 35.4 Å². The monoisotopic (exact) mass is 404 g/mol. The molecule has 6 nitrogen and oxygen atoms in total. The van der Waals surface area contributed by atoms with Crippen LogP contribution >= 0.6 is 11.3 Å². The number of nitrogens with zero attached hydrogens (tertiary/aromatic N) is 2. The molecule has 0 bridgehead atoms. The molecule has 27 heavy (non-hydrogen) atoms. The van der Waals surface area contributed by atoms with Crippen LogP contribution in [0.1, 0.15) is 30.0 Å². The van der Waals surface area contributed by atoms with Crippen LogP contribution < -0.4 is 4.72 Å². The number of sulfonamides is 1. The maximum absolute atomic E-state index is 11.3. The van der Waals surface area contributed by atoms with Crippen molar-refractivity contribution < 1.29 is 8.42 Å². The van der Waals surface area contributed by atoms with E-state index in [9.17, 15) is 8.42 Å². The van der Waals surface area contributed by atoms with Crippen molar-refractivity contribution >= 4 is 37.4 Å². The van der Waals surface area contributed by atoms with Crippen molar-refractivity contribution in [3.05, 3.63) is 47.1 Å². The topological polar surface area (TPSA) is 78.1 Å². The number of piperidine rings is 1. The summed E-state index contributed by atoms with van der Waals surface area (Å²) in [6.07, 6.45) is 6.50. The SMILES string of the molecule is CS(=O)(=O)Nc1nc(CCN2CCC(c3c[nH]c4ccccc34)CC2)cs1. The Morgan fingerprint density at radius 3 is 2.85 bits per heavy atom. The number of H-pyrrole nitrogens is 1. The van der Waals surface area contributed by atoms with Gasteiger partial charge in [-0.15, -0.1) is 11.3 Å². The highest BCUT2D eigenvalue weighted by Crippen LogP contribution is 2.33. The lowest BCUT2D eigenvalue weighted by Crippen LogP contribution is -2.34. The number of anilines is 1. The molecule has 1 aliphatic rings. The molecule has 1 aromatic carbocycles. The number of likely N-dealkylation sites (tertiary alicyclic amines) is 1. The van der Waals surface area contributed by atoms with Crippen LogP contribution in [-0.2, 0) is 16.4 Å². The quantitative estimate of drug-likeness (QED) is 0.660. The molecule has 0 atom stereocenters. The number of rotatable bonds is 6. The summed E-state index contributed by atoms with van der Waals surface area (Å²) < 4.78 is 25.0. The molecule has 8 heteroatoms. The molecule has 3 aromatic rings. The Bertz CT molecular complexity index is 1020. The van der Waals surface area contributed by atoms with Gasteiger partial charge in [0.2, 0.25) is 10.0 Å². The van der Waals surface area contributed by atoms with E-state index >= 15 is 0 Å². The summed E-state index contributed by atoms with van der Waals surface area (Å²) in [4.78, 5) is 10.2. The van der Waals surface area contributed by atoms with Gasteiger partial charge >= 0.3 is 0 Å². The predicted octanol–water partition coefficient (Wildman–Crippen LogP) is 3.42. The second-order valence-electron chi connectivity index (χ2n) is 7.17. The lowest BCUT2D eigenvalue weighted by atomic mass is 9.89. The summed E-state index contributed by atoms with van der Waals surface area (Å²) in [6.45, 7) is 3.13. The molecule has 0 amide bonds. The first-order valence-corrected chi connectivity index (χ1v) is 12.0. The number of aromatic nitrogens is 2. The molecule has 0 radical (unpaired) electrons. The summed E-state index contributed by atoms with van der Waals surface area (Å²) in [5.41, 5.74) is 3.61. The second-order valence-corrected chi connectivity index (χ2v) is 9.78. The molecule has 2 N–H and O–H groups in total. The highest BCUT2D eigenvalue weighted by atomic mass is 32.2. The molecule has 0 spiro atoms. The first kappa shape index (κ1) is 18.5. The van der Waals surface area contributed by atoms with Crippen molar-refractivity contribution in [3.8, 4) is 0 Å². The van der Waals surface area contributed by atoms with Crippen LogP contribution in [0.5, 0.6) is 0 Å². The summed E-state index contributed by atoms with van der Waals surface area (Å²) in [6, 6.07) is 8.52. The Labute approximate surface area is 163 Å². The summed E-state index contributed by atoms with van der Waals surface area (Å²) in [5, 5.41) is 3.74. The highest BCUT2D eigenvalue weighted by molar-refractivity contribution is 7.92. The average Bonchev–Trinajstić information content (AvgIpc) is 3.26. The number of nitrogens with one attached hydrogen (secondary N) is 2. The van der Waals surface area contributed by atoms with E-state index < -0.39 is 10.0 Å². The number of hydrogen-bond acceptors (Lipinski definition) is 5. The van der Waals surface area contributed by atoms with Gasteiger partial charge in [-0.2, -0.15) is 0 Å². The number of benzene rings is 1. The molecule has 0 aliphatic carbocycles. The Morgan fingerprint density at radius 1 is 1.30 bits per heavy atom. The number of hydrogen-bond donors (Lipinski definition) is 2. The van der Waals surface area contributed by atoms with Crippen LogP contribution in [0.2, 0.25) is 0 Å². The van der Waals surface area contributed by atoms with Crippen LogP contribution in [0, 0.1) is 0 Å². The fraction of sp³-hybridized carbons (Fsp3) is 0.421. The minimum absolute atomic E-state index is 0.450. The molecule has 3 heterocycles. The van der Waals surface area contributed by atoms with E-state index in [0.717, 1.165) is 38.0 Å². The maximum atomic E-state index is 11.3. The zero-order chi connectivity index (χ0) is 18.9. The Morgan fingerprint density at radius 2 is 2.07 bits per heavy atom. The molecule has 0 saturated carbocycles. The Balaban J connectivity index is 1.30.